The summed E-state index contributed by atoms with van der Waals surface area (Å²) in [7, 11) is -4.35. The van der Waals surface area contributed by atoms with Crippen LogP contribution in [0.3, 0.4) is 0 Å². The van der Waals surface area contributed by atoms with E-state index in [2.05, 4.69) is 15.0 Å². The van der Waals surface area contributed by atoms with Crippen molar-refractivity contribution >= 4 is 38.4 Å². The first-order valence-corrected chi connectivity index (χ1v) is 14.5. The van der Waals surface area contributed by atoms with Crippen LogP contribution in [0.4, 0.5) is 18.0 Å². The number of aromatic nitrogens is 2. The predicted molar refractivity (Wildman–Crippen MR) is 143 cm³/mol. The van der Waals surface area contributed by atoms with E-state index >= 15 is 0 Å². The van der Waals surface area contributed by atoms with Crippen LogP contribution in [0.2, 0.25) is 0 Å². The number of thiazole rings is 1. The maximum absolute atomic E-state index is 14.4. The second kappa shape index (κ2) is 10.8. The number of benzene rings is 1. The zero-order chi connectivity index (χ0) is 29.3. The maximum atomic E-state index is 14.4. The second-order valence-corrected chi connectivity index (χ2v) is 13.1. The molecule has 9 nitrogen and oxygen atoms in total. The van der Waals surface area contributed by atoms with E-state index in [0.29, 0.717) is 5.69 Å². The molecule has 2 heterocycles. The number of nitrogens with one attached hydrogen (secondary N) is 1. The van der Waals surface area contributed by atoms with Crippen LogP contribution in [0.5, 0.6) is 5.75 Å². The summed E-state index contributed by atoms with van der Waals surface area (Å²) < 4.78 is 82.0. The first-order valence-electron chi connectivity index (χ1n) is 12.1. The van der Waals surface area contributed by atoms with E-state index < -0.39 is 38.6 Å². The Balaban J connectivity index is 1.77. The number of hydrogen-bond acceptors (Lipinski definition) is 8. The molecule has 0 radical (unpaired) electrons. The van der Waals surface area contributed by atoms with Gasteiger partial charge < -0.3 is 19.5 Å². The largest absolute Gasteiger partial charge is 0.573 e. The van der Waals surface area contributed by atoms with Crippen molar-refractivity contribution in [3.63, 3.8) is 0 Å². The number of fused-ring (bicyclic) bond motifs is 1. The molecule has 40 heavy (non-hydrogen) atoms. The molecule has 1 amide bonds. The summed E-state index contributed by atoms with van der Waals surface area (Å²) in [5, 5.41) is 4.47. The summed E-state index contributed by atoms with van der Waals surface area (Å²) in [6.45, 7) is 6.29. The molecule has 1 unspecified atom stereocenters. The number of alkyl carbamates (subject to hydrolysis) is 1. The average molecular weight is 600 g/mol. The van der Waals surface area contributed by atoms with Crippen molar-refractivity contribution in [2.75, 3.05) is 0 Å². The van der Waals surface area contributed by atoms with Crippen molar-refractivity contribution in [2.45, 2.75) is 64.0 Å². The van der Waals surface area contributed by atoms with Gasteiger partial charge in [-0.25, -0.2) is 22.2 Å². The van der Waals surface area contributed by atoms with Gasteiger partial charge in [-0.1, -0.05) is 12.2 Å². The number of alkyl halides is 3. The molecule has 1 aliphatic carbocycles. The SMILES string of the molecule is CC(C)(C)OC(=O)NCc1cc2cc(OC(F)(F)F)ccc2n1S(=O)(=O)C1(C)CC=CC=C1OCc1cscn1. The van der Waals surface area contributed by atoms with Crippen LogP contribution >= 0.6 is 11.3 Å². The Kier molecular flexibility index (Phi) is 7.96. The van der Waals surface area contributed by atoms with Gasteiger partial charge in [0.2, 0.25) is 0 Å². The molecule has 216 valence electrons. The molecule has 4 rings (SSSR count). The highest BCUT2D eigenvalue weighted by Gasteiger charge is 2.47. The Hall–Kier alpha value is -3.52. The number of allylic oxidation sites excluding steroid dienone is 3. The van der Waals surface area contributed by atoms with Gasteiger partial charge in [-0.05, 0) is 64.5 Å². The van der Waals surface area contributed by atoms with E-state index in [1.165, 1.54) is 30.4 Å². The van der Waals surface area contributed by atoms with E-state index in [4.69, 9.17) is 9.47 Å². The quantitative estimate of drug-likeness (QED) is 0.337. The number of halogens is 3. The minimum absolute atomic E-state index is 0.0475. The van der Waals surface area contributed by atoms with Gasteiger partial charge in [-0.3, -0.25) is 0 Å². The molecule has 0 aliphatic heterocycles. The zero-order valence-corrected chi connectivity index (χ0v) is 23.7. The zero-order valence-electron chi connectivity index (χ0n) is 22.1. The first kappa shape index (κ1) is 29.5. The van der Waals surface area contributed by atoms with Crippen LogP contribution in [0.25, 0.3) is 10.9 Å². The molecule has 2 aromatic heterocycles. The number of amides is 1. The van der Waals surface area contributed by atoms with Crippen molar-refractivity contribution in [2.24, 2.45) is 0 Å². The molecule has 1 atom stereocenters. The van der Waals surface area contributed by atoms with Crippen LogP contribution in [-0.4, -0.2) is 40.2 Å². The van der Waals surface area contributed by atoms with Gasteiger partial charge in [0.15, 0.2) is 0 Å². The molecule has 0 bridgehead atoms. The molecule has 0 spiro atoms. The Bertz CT molecular complexity index is 1550. The lowest BCUT2D eigenvalue weighted by Crippen LogP contribution is -2.43. The van der Waals surface area contributed by atoms with Crippen molar-refractivity contribution in [3.8, 4) is 5.75 Å². The molecule has 0 saturated heterocycles. The third-order valence-electron chi connectivity index (χ3n) is 5.93. The highest BCUT2D eigenvalue weighted by Crippen LogP contribution is 2.39. The molecule has 1 aliphatic rings. The normalized spacial score (nSPS) is 17.9. The van der Waals surface area contributed by atoms with Crippen molar-refractivity contribution in [3.05, 3.63) is 70.5 Å². The van der Waals surface area contributed by atoms with Crippen LogP contribution in [0, 0.1) is 0 Å². The van der Waals surface area contributed by atoms with Gasteiger partial charge in [-0.2, -0.15) is 0 Å². The van der Waals surface area contributed by atoms with Gasteiger partial charge in [-0.15, -0.1) is 24.5 Å². The first-order chi connectivity index (χ1) is 18.6. The Morgan fingerprint density at radius 3 is 2.62 bits per heavy atom. The lowest BCUT2D eigenvalue weighted by Gasteiger charge is -2.33. The van der Waals surface area contributed by atoms with E-state index in [0.717, 1.165) is 16.1 Å². The summed E-state index contributed by atoms with van der Waals surface area (Å²) in [6.07, 6.45) is -0.722. The van der Waals surface area contributed by atoms with Gasteiger partial charge in [0.05, 0.1) is 29.0 Å². The number of hydrogen-bond donors (Lipinski definition) is 1. The third kappa shape index (κ3) is 6.44. The minimum atomic E-state index is -4.93. The Labute approximate surface area is 233 Å². The van der Waals surface area contributed by atoms with E-state index in [-0.39, 0.29) is 41.9 Å². The molecule has 1 aromatic carbocycles. The highest BCUT2D eigenvalue weighted by atomic mass is 32.2. The molecule has 14 heteroatoms. The van der Waals surface area contributed by atoms with E-state index in [9.17, 15) is 26.4 Å². The maximum Gasteiger partial charge on any atom is 0.573 e. The van der Waals surface area contributed by atoms with Crippen LogP contribution in [0.1, 0.15) is 45.5 Å². The van der Waals surface area contributed by atoms with Crippen molar-refractivity contribution < 1.29 is 40.6 Å². The topological polar surface area (TPSA) is 109 Å². The average Bonchev–Trinajstić information content (AvgIpc) is 3.47. The summed E-state index contributed by atoms with van der Waals surface area (Å²) in [5.41, 5.74) is 1.66. The highest BCUT2D eigenvalue weighted by molar-refractivity contribution is 7.91. The van der Waals surface area contributed by atoms with Gasteiger partial charge in [0.1, 0.15) is 28.5 Å². The third-order valence-corrected chi connectivity index (χ3v) is 8.98. The molecular formula is C26H28F3N3O6S2. The monoisotopic (exact) mass is 599 g/mol. The predicted octanol–water partition coefficient (Wildman–Crippen LogP) is 6.02. The van der Waals surface area contributed by atoms with Gasteiger partial charge in [0.25, 0.3) is 10.0 Å². The van der Waals surface area contributed by atoms with E-state index in [1.54, 1.807) is 49.9 Å². The second-order valence-electron chi connectivity index (χ2n) is 10.2. The Morgan fingerprint density at radius 1 is 1.23 bits per heavy atom. The summed E-state index contributed by atoms with van der Waals surface area (Å²) in [5.74, 6) is -0.340. The minimum Gasteiger partial charge on any atom is -0.490 e. The van der Waals surface area contributed by atoms with Crippen LogP contribution < -0.4 is 10.1 Å². The lowest BCUT2D eigenvalue weighted by atomic mass is 10.00. The Morgan fingerprint density at radius 2 is 1.98 bits per heavy atom. The van der Waals surface area contributed by atoms with Crippen LogP contribution in [0.15, 0.2) is 59.1 Å². The summed E-state index contributed by atoms with van der Waals surface area (Å²) in [6, 6.07) is 4.73. The molecule has 0 saturated carbocycles. The molecule has 1 N–H and O–H groups in total. The van der Waals surface area contributed by atoms with E-state index in [1.807, 2.05) is 0 Å². The van der Waals surface area contributed by atoms with Gasteiger partial charge >= 0.3 is 12.5 Å². The fourth-order valence-electron chi connectivity index (χ4n) is 4.13. The number of ether oxygens (including phenoxy) is 3. The summed E-state index contributed by atoms with van der Waals surface area (Å²) >= 11 is 1.38. The fraction of sp³-hybridized carbons (Fsp3) is 0.385. The number of rotatable bonds is 8. The van der Waals surface area contributed by atoms with Crippen molar-refractivity contribution in [1.29, 1.82) is 0 Å². The van der Waals surface area contributed by atoms with Gasteiger partial charge in [0, 0.05) is 10.8 Å². The van der Waals surface area contributed by atoms with Crippen molar-refractivity contribution in [1.82, 2.24) is 14.3 Å². The standard InChI is InChI=1S/C26H28F3N3O6S2/c1-24(2,3)38-23(33)30-13-19-11-17-12-20(37-26(27,28)29)8-9-21(17)32(19)40(34,35)25(4)10-6-5-7-22(25)36-14-18-15-39-16-31-18/h5-9,11-12,15-16H,10,13-14H2,1-4H3,(H,30,33). The fourth-order valence-corrected chi connectivity index (χ4v) is 6.61. The number of carbonyl (C=O) groups is 1. The van der Waals surface area contributed by atoms with Crippen LogP contribution in [-0.2, 0) is 32.6 Å². The smallest absolute Gasteiger partial charge is 0.490 e. The lowest BCUT2D eigenvalue weighted by molar-refractivity contribution is -0.274. The summed E-state index contributed by atoms with van der Waals surface area (Å²) in [4.78, 5) is 16.5. The number of carbonyl (C=O) groups excluding carboxylic acids is 1. The molecule has 3 aromatic rings. The molecular weight excluding hydrogens is 571 g/mol. The molecule has 0 fully saturated rings. The number of nitrogens with zero attached hydrogens (tertiary/aromatic N) is 2.